The van der Waals surface area contributed by atoms with Gasteiger partial charge in [-0.1, -0.05) is 6.92 Å². The topological polar surface area (TPSA) is 64.2 Å². The lowest BCUT2D eigenvalue weighted by Crippen LogP contribution is -2.16. The smallest absolute Gasteiger partial charge is 0.254 e. The van der Waals surface area contributed by atoms with Gasteiger partial charge in [-0.3, -0.25) is 4.79 Å². The van der Waals surface area contributed by atoms with Gasteiger partial charge < -0.3 is 14.5 Å². The van der Waals surface area contributed by atoms with Crippen LogP contribution in [0, 0.1) is 6.92 Å². The summed E-state index contributed by atoms with van der Waals surface area (Å²) in [5.74, 6) is 1.82. The maximum atomic E-state index is 12.0. The van der Waals surface area contributed by atoms with Gasteiger partial charge in [-0.2, -0.15) is 0 Å². The summed E-state index contributed by atoms with van der Waals surface area (Å²) in [7, 11) is 3.17. The first-order valence-electron chi connectivity index (χ1n) is 6.42. The molecule has 5 nitrogen and oxygen atoms in total. The van der Waals surface area contributed by atoms with E-state index in [1.807, 2.05) is 26.0 Å². The van der Waals surface area contributed by atoms with Crippen LogP contribution in [0.2, 0.25) is 0 Å². The summed E-state index contributed by atoms with van der Waals surface area (Å²) in [5, 5.41) is 0. The number of aryl methyl sites for hydroxylation is 1. The number of aromatic amines is 1. The van der Waals surface area contributed by atoms with E-state index in [9.17, 15) is 4.79 Å². The van der Waals surface area contributed by atoms with E-state index in [1.165, 1.54) is 0 Å². The molecule has 0 aliphatic heterocycles. The fourth-order valence-electron chi connectivity index (χ4n) is 2.11. The molecular weight excluding hydrogens is 256 g/mol. The second-order valence-electron chi connectivity index (χ2n) is 4.43. The van der Waals surface area contributed by atoms with Crippen LogP contribution in [0.3, 0.4) is 0 Å². The van der Waals surface area contributed by atoms with Crippen LogP contribution < -0.4 is 15.0 Å². The summed E-state index contributed by atoms with van der Waals surface area (Å²) in [6, 6.07) is 5.40. The summed E-state index contributed by atoms with van der Waals surface area (Å²) in [6.45, 7) is 3.78. The van der Waals surface area contributed by atoms with Crippen LogP contribution in [-0.2, 0) is 6.42 Å². The SMILES string of the molecule is CCc1c(C)nc(-c2cc(OC)cc(OC)c2)[nH]c1=O. The van der Waals surface area contributed by atoms with Gasteiger partial charge >= 0.3 is 0 Å². The van der Waals surface area contributed by atoms with E-state index >= 15 is 0 Å². The van der Waals surface area contributed by atoms with Gasteiger partial charge in [-0.15, -0.1) is 0 Å². The summed E-state index contributed by atoms with van der Waals surface area (Å²) in [6.07, 6.45) is 0.663. The van der Waals surface area contributed by atoms with Crippen LogP contribution in [0.5, 0.6) is 11.5 Å². The molecule has 1 N–H and O–H groups in total. The van der Waals surface area contributed by atoms with Gasteiger partial charge in [-0.25, -0.2) is 4.98 Å². The van der Waals surface area contributed by atoms with Crippen molar-refractivity contribution in [3.05, 3.63) is 39.8 Å². The summed E-state index contributed by atoms with van der Waals surface area (Å²) < 4.78 is 10.4. The zero-order valence-corrected chi connectivity index (χ0v) is 12.1. The minimum atomic E-state index is -0.100. The average molecular weight is 274 g/mol. The summed E-state index contributed by atoms with van der Waals surface area (Å²) in [4.78, 5) is 19.3. The molecule has 1 aromatic heterocycles. The van der Waals surface area contributed by atoms with Crippen molar-refractivity contribution in [1.82, 2.24) is 9.97 Å². The highest BCUT2D eigenvalue weighted by Crippen LogP contribution is 2.27. The van der Waals surface area contributed by atoms with E-state index in [-0.39, 0.29) is 5.56 Å². The molecule has 0 saturated carbocycles. The number of benzene rings is 1. The number of rotatable bonds is 4. The molecule has 0 amide bonds. The van der Waals surface area contributed by atoms with E-state index in [0.29, 0.717) is 29.3 Å². The Morgan fingerprint density at radius 2 is 1.75 bits per heavy atom. The minimum Gasteiger partial charge on any atom is -0.497 e. The fourth-order valence-corrected chi connectivity index (χ4v) is 2.11. The number of methoxy groups -OCH3 is 2. The van der Waals surface area contributed by atoms with Crippen LogP contribution >= 0.6 is 0 Å². The molecule has 1 aromatic carbocycles. The van der Waals surface area contributed by atoms with Gasteiger partial charge in [-0.05, 0) is 25.5 Å². The molecule has 0 saturated heterocycles. The van der Waals surface area contributed by atoms with Crippen molar-refractivity contribution in [2.45, 2.75) is 20.3 Å². The predicted octanol–water partition coefficient (Wildman–Crippen LogP) is 2.32. The molecule has 5 heteroatoms. The highest BCUT2D eigenvalue weighted by molar-refractivity contribution is 5.61. The van der Waals surface area contributed by atoms with Crippen LogP contribution in [0.15, 0.2) is 23.0 Å². The number of nitrogens with zero attached hydrogens (tertiary/aromatic N) is 1. The Kier molecular flexibility index (Phi) is 4.08. The number of aromatic nitrogens is 2. The van der Waals surface area contributed by atoms with E-state index < -0.39 is 0 Å². The number of hydrogen-bond acceptors (Lipinski definition) is 4. The normalized spacial score (nSPS) is 10.4. The Balaban J connectivity index is 2.59. The molecule has 0 aliphatic carbocycles. The highest BCUT2D eigenvalue weighted by atomic mass is 16.5. The van der Waals surface area contributed by atoms with E-state index in [1.54, 1.807) is 20.3 Å². The van der Waals surface area contributed by atoms with Crippen LogP contribution in [-0.4, -0.2) is 24.2 Å². The lowest BCUT2D eigenvalue weighted by atomic mass is 10.1. The van der Waals surface area contributed by atoms with E-state index in [0.717, 1.165) is 11.3 Å². The number of hydrogen-bond donors (Lipinski definition) is 1. The van der Waals surface area contributed by atoms with Crippen molar-refractivity contribution in [3.63, 3.8) is 0 Å². The average Bonchev–Trinajstić information content (AvgIpc) is 2.46. The molecule has 20 heavy (non-hydrogen) atoms. The van der Waals surface area contributed by atoms with Crippen molar-refractivity contribution in [3.8, 4) is 22.9 Å². The lowest BCUT2D eigenvalue weighted by Gasteiger charge is -2.09. The molecule has 0 unspecified atom stereocenters. The fraction of sp³-hybridized carbons (Fsp3) is 0.333. The van der Waals surface area contributed by atoms with Crippen LogP contribution in [0.4, 0.5) is 0 Å². The Labute approximate surface area is 117 Å². The van der Waals surface area contributed by atoms with Crippen molar-refractivity contribution in [1.29, 1.82) is 0 Å². The van der Waals surface area contributed by atoms with Gasteiger partial charge in [0.05, 0.1) is 14.2 Å². The Morgan fingerprint density at radius 1 is 1.15 bits per heavy atom. The zero-order chi connectivity index (χ0) is 14.7. The molecule has 0 radical (unpaired) electrons. The number of ether oxygens (including phenoxy) is 2. The molecule has 106 valence electrons. The van der Waals surface area contributed by atoms with Crippen molar-refractivity contribution >= 4 is 0 Å². The molecule has 2 aromatic rings. The quantitative estimate of drug-likeness (QED) is 0.929. The second kappa shape index (κ2) is 5.77. The first kappa shape index (κ1) is 14.1. The van der Waals surface area contributed by atoms with Crippen molar-refractivity contribution < 1.29 is 9.47 Å². The molecule has 0 spiro atoms. The van der Waals surface area contributed by atoms with Gasteiger partial charge in [0.25, 0.3) is 5.56 Å². The van der Waals surface area contributed by atoms with Crippen molar-refractivity contribution in [2.75, 3.05) is 14.2 Å². The lowest BCUT2D eigenvalue weighted by molar-refractivity contribution is 0.394. The van der Waals surface area contributed by atoms with Gasteiger partial charge in [0, 0.05) is 22.9 Å². The molecular formula is C15H18N2O3. The zero-order valence-electron chi connectivity index (χ0n) is 12.1. The first-order chi connectivity index (χ1) is 9.58. The minimum absolute atomic E-state index is 0.100. The van der Waals surface area contributed by atoms with Crippen molar-refractivity contribution in [2.24, 2.45) is 0 Å². The van der Waals surface area contributed by atoms with Gasteiger partial charge in [0.1, 0.15) is 17.3 Å². The Morgan fingerprint density at radius 3 is 2.20 bits per heavy atom. The maximum Gasteiger partial charge on any atom is 0.254 e. The second-order valence-corrected chi connectivity index (χ2v) is 4.43. The van der Waals surface area contributed by atoms with E-state index in [2.05, 4.69) is 9.97 Å². The maximum absolute atomic E-state index is 12.0. The monoisotopic (exact) mass is 274 g/mol. The third-order valence-corrected chi connectivity index (χ3v) is 3.20. The largest absolute Gasteiger partial charge is 0.497 e. The van der Waals surface area contributed by atoms with Gasteiger partial charge in [0.15, 0.2) is 0 Å². The van der Waals surface area contributed by atoms with Gasteiger partial charge in [0.2, 0.25) is 0 Å². The summed E-state index contributed by atoms with van der Waals surface area (Å²) >= 11 is 0. The first-order valence-corrected chi connectivity index (χ1v) is 6.42. The molecule has 0 aliphatic rings. The third kappa shape index (κ3) is 2.66. The standard InChI is InChI=1S/C15H18N2O3/c1-5-13-9(2)16-14(17-15(13)18)10-6-11(19-3)8-12(7-10)20-4/h6-8H,5H2,1-4H3,(H,16,17,18). The Hall–Kier alpha value is -2.30. The molecule has 0 atom stereocenters. The molecule has 2 rings (SSSR count). The summed E-state index contributed by atoms with van der Waals surface area (Å²) in [5.41, 5.74) is 2.11. The van der Waals surface area contributed by atoms with E-state index in [4.69, 9.17) is 9.47 Å². The Bertz CT molecular complexity index is 655. The highest BCUT2D eigenvalue weighted by Gasteiger charge is 2.10. The molecule has 0 bridgehead atoms. The molecule has 1 heterocycles. The third-order valence-electron chi connectivity index (χ3n) is 3.20. The number of nitrogens with one attached hydrogen (secondary N) is 1. The van der Waals surface area contributed by atoms with Crippen LogP contribution in [0.1, 0.15) is 18.2 Å². The number of H-pyrrole nitrogens is 1. The molecule has 0 fully saturated rings. The predicted molar refractivity (Wildman–Crippen MR) is 77.5 cm³/mol. The van der Waals surface area contributed by atoms with Crippen LogP contribution in [0.25, 0.3) is 11.4 Å².